The SMILES string of the molecule is CO[C@H](CNS(C)(=O)=O)c1cccc(Cl)c1. The fourth-order valence-electron chi connectivity index (χ4n) is 1.27. The second-order valence-electron chi connectivity index (χ2n) is 3.40. The number of ether oxygens (including phenoxy) is 1. The molecule has 90 valence electrons. The van der Waals surface area contributed by atoms with E-state index in [1.807, 2.05) is 6.07 Å². The zero-order valence-corrected chi connectivity index (χ0v) is 10.7. The lowest BCUT2D eigenvalue weighted by Crippen LogP contribution is -2.28. The van der Waals surface area contributed by atoms with Gasteiger partial charge in [0, 0.05) is 18.7 Å². The minimum Gasteiger partial charge on any atom is -0.375 e. The maximum atomic E-state index is 11.0. The van der Waals surface area contributed by atoms with E-state index in [1.165, 1.54) is 7.11 Å². The van der Waals surface area contributed by atoms with E-state index in [-0.39, 0.29) is 12.6 Å². The van der Waals surface area contributed by atoms with E-state index in [9.17, 15) is 8.42 Å². The van der Waals surface area contributed by atoms with E-state index in [0.29, 0.717) is 5.02 Å². The van der Waals surface area contributed by atoms with Crippen molar-refractivity contribution in [3.05, 3.63) is 34.9 Å². The Morgan fingerprint density at radius 2 is 2.19 bits per heavy atom. The molecule has 6 heteroatoms. The molecule has 1 atom stereocenters. The van der Waals surface area contributed by atoms with Gasteiger partial charge in [-0.1, -0.05) is 23.7 Å². The summed E-state index contributed by atoms with van der Waals surface area (Å²) < 4.78 is 29.5. The molecule has 0 unspecified atom stereocenters. The van der Waals surface area contributed by atoms with Crippen LogP contribution in [0.25, 0.3) is 0 Å². The number of benzene rings is 1. The highest BCUT2D eigenvalue weighted by Gasteiger charge is 2.12. The van der Waals surface area contributed by atoms with E-state index in [2.05, 4.69) is 4.72 Å². The normalized spacial score (nSPS) is 13.7. The molecule has 0 radical (unpaired) electrons. The Hall–Kier alpha value is -0.620. The third kappa shape index (κ3) is 4.49. The summed E-state index contributed by atoms with van der Waals surface area (Å²) in [6, 6.07) is 7.13. The molecule has 4 nitrogen and oxygen atoms in total. The van der Waals surface area contributed by atoms with Gasteiger partial charge in [-0.05, 0) is 17.7 Å². The summed E-state index contributed by atoms with van der Waals surface area (Å²) in [5.41, 5.74) is 0.839. The van der Waals surface area contributed by atoms with Crippen molar-refractivity contribution >= 4 is 21.6 Å². The van der Waals surface area contributed by atoms with Crippen molar-refractivity contribution in [2.24, 2.45) is 0 Å². The number of rotatable bonds is 5. The van der Waals surface area contributed by atoms with Gasteiger partial charge in [0.25, 0.3) is 0 Å². The van der Waals surface area contributed by atoms with Crippen molar-refractivity contribution in [3.8, 4) is 0 Å². The third-order valence-electron chi connectivity index (χ3n) is 2.04. The summed E-state index contributed by atoms with van der Waals surface area (Å²) in [6.07, 6.45) is 0.769. The highest BCUT2D eigenvalue weighted by Crippen LogP contribution is 2.19. The molecule has 1 N–H and O–H groups in total. The first-order valence-corrected chi connectivity index (χ1v) is 6.92. The van der Waals surface area contributed by atoms with Gasteiger partial charge in [0.05, 0.1) is 12.4 Å². The Morgan fingerprint density at radius 3 is 2.69 bits per heavy atom. The summed E-state index contributed by atoms with van der Waals surface area (Å²) in [6.45, 7) is 0.190. The number of hydrogen-bond donors (Lipinski definition) is 1. The van der Waals surface area contributed by atoms with E-state index in [0.717, 1.165) is 11.8 Å². The van der Waals surface area contributed by atoms with Crippen LogP contribution < -0.4 is 4.72 Å². The molecule has 0 fully saturated rings. The topological polar surface area (TPSA) is 55.4 Å². The first-order chi connectivity index (χ1) is 7.42. The molecule has 0 aliphatic heterocycles. The second kappa shape index (κ2) is 5.63. The molecule has 0 saturated carbocycles. The molecule has 0 saturated heterocycles. The monoisotopic (exact) mass is 263 g/mol. The minimum absolute atomic E-state index is 0.190. The Balaban J connectivity index is 2.75. The lowest BCUT2D eigenvalue weighted by molar-refractivity contribution is 0.107. The summed E-state index contributed by atoms with van der Waals surface area (Å²) >= 11 is 5.84. The number of hydrogen-bond acceptors (Lipinski definition) is 3. The third-order valence-corrected chi connectivity index (χ3v) is 2.96. The fraction of sp³-hybridized carbons (Fsp3) is 0.400. The average Bonchev–Trinajstić information content (AvgIpc) is 2.17. The number of halogens is 1. The van der Waals surface area contributed by atoms with Crippen LogP contribution in [0.2, 0.25) is 5.02 Å². The Labute approximate surface area is 101 Å². The summed E-state index contributed by atoms with van der Waals surface area (Å²) in [7, 11) is -1.69. The van der Waals surface area contributed by atoms with E-state index < -0.39 is 10.0 Å². The van der Waals surface area contributed by atoms with E-state index in [1.54, 1.807) is 18.2 Å². The highest BCUT2D eigenvalue weighted by atomic mass is 35.5. The van der Waals surface area contributed by atoms with Crippen LogP contribution in [0, 0.1) is 0 Å². The standard InChI is InChI=1S/C10H14ClNO3S/c1-15-10(7-12-16(2,13)14)8-4-3-5-9(11)6-8/h3-6,10,12H,7H2,1-2H3/t10-/m1/s1. The number of nitrogens with one attached hydrogen (secondary N) is 1. The lowest BCUT2D eigenvalue weighted by Gasteiger charge is -2.15. The maximum Gasteiger partial charge on any atom is 0.208 e. The molecular formula is C10H14ClNO3S. The predicted octanol–water partition coefficient (Wildman–Crippen LogP) is 1.58. The molecule has 0 aliphatic carbocycles. The Bertz CT molecular complexity index is 447. The van der Waals surface area contributed by atoms with Crippen LogP contribution in [0.4, 0.5) is 0 Å². The summed E-state index contributed by atoms with van der Waals surface area (Å²) in [5, 5.41) is 0.596. The van der Waals surface area contributed by atoms with Crippen LogP contribution in [-0.4, -0.2) is 28.3 Å². The molecule has 0 aromatic heterocycles. The molecular weight excluding hydrogens is 250 g/mol. The number of sulfonamides is 1. The van der Waals surface area contributed by atoms with Crippen molar-refractivity contribution in [2.45, 2.75) is 6.10 Å². The van der Waals surface area contributed by atoms with Crippen molar-refractivity contribution in [1.29, 1.82) is 0 Å². The van der Waals surface area contributed by atoms with Crippen molar-refractivity contribution in [3.63, 3.8) is 0 Å². The summed E-state index contributed by atoms with van der Waals surface area (Å²) in [4.78, 5) is 0. The average molecular weight is 264 g/mol. The molecule has 1 aromatic carbocycles. The Morgan fingerprint density at radius 1 is 1.50 bits per heavy atom. The smallest absolute Gasteiger partial charge is 0.208 e. The quantitative estimate of drug-likeness (QED) is 0.878. The van der Waals surface area contributed by atoms with Crippen LogP contribution in [0.15, 0.2) is 24.3 Å². The van der Waals surface area contributed by atoms with Crippen LogP contribution in [0.3, 0.4) is 0 Å². The van der Waals surface area contributed by atoms with Crippen LogP contribution in [-0.2, 0) is 14.8 Å². The van der Waals surface area contributed by atoms with E-state index in [4.69, 9.17) is 16.3 Å². The molecule has 16 heavy (non-hydrogen) atoms. The lowest BCUT2D eigenvalue weighted by atomic mass is 10.1. The van der Waals surface area contributed by atoms with Gasteiger partial charge in [0.1, 0.15) is 0 Å². The molecule has 1 aromatic rings. The second-order valence-corrected chi connectivity index (χ2v) is 5.67. The zero-order valence-electron chi connectivity index (χ0n) is 9.10. The number of methoxy groups -OCH3 is 1. The van der Waals surface area contributed by atoms with Gasteiger partial charge < -0.3 is 4.74 Å². The van der Waals surface area contributed by atoms with Gasteiger partial charge in [0.15, 0.2) is 0 Å². The van der Waals surface area contributed by atoms with Gasteiger partial charge in [-0.3, -0.25) is 0 Å². The largest absolute Gasteiger partial charge is 0.375 e. The van der Waals surface area contributed by atoms with Gasteiger partial charge in [-0.25, -0.2) is 13.1 Å². The van der Waals surface area contributed by atoms with Gasteiger partial charge >= 0.3 is 0 Å². The zero-order chi connectivity index (χ0) is 12.2. The molecule has 1 rings (SSSR count). The maximum absolute atomic E-state index is 11.0. The molecule has 0 spiro atoms. The van der Waals surface area contributed by atoms with Crippen molar-refractivity contribution < 1.29 is 13.2 Å². The molecule has 0 amide bonds. The van der Waals surface area contributed by atoms with E-state index >= 15 is 0 Å². The van der Waals surface area contributed by atoms with Crippen LogP contribution in [0.1, 0.15) is 11.7 Å². The van der Waals surface area contributed by atoms with Gasteiger partial charge in [-0.2, -0.15) is 0 Å². The highest BCUT2D eigenvalue weighted by molar-refractivity contribution is 7.88. The molecule has 0 heterocycles. The van der Waals surface area contributed by atoms with Crippen LogP contribution in [0.5, 0.6) is 0 Å². The summed E-state index contributed by atoms with van der Waals surface area (Å²) in [5.74, 6) is 0. The minimum atomic E-state index is -3.21. The predicted molar refractivity (Wildman–Crippen MR) is 64.0 cm³/mol. The molecule has 0 bridgehead atoms. The van der Waals surface area contributed by atoms with Gasteiger partial charge in [0.2, 0.25) is 10.0 Å². The van der Waals surface area contributed by atoms with Crippen LogP contribution >= 0.6 is 11.6 Å². The Kier molecular flexibility index (Phi) is 4.73. The van der Waals surface area contributed by atoms with Crippen molar-refractivity contribution in [2.75, 3.05) is 19.9 Å². The first kappa shape index (κ1) is 13.4. The van der Waals surface area contributed by atoms with Gasteiger partial charge in [-0.15, -0.1) is 0 Å². The first-order valence-electron chi connectivity index (χ1n) is 4.65. The van der Waals surface area contributed by atoms with Crippen molar-refractivity contribution in [1.82, 2.24) is 4.72 Å². The fourth-order valence-corrected chi connectivity index (χ4v) is 1.92. The molecule has 0 aliphatic rings.